The topological polar surface area (TPSA) is 83.0 Å². The molecule has 0 aliphatic carbocycles. The standard InChI is InChI=1S/C11H14N4O3S/c1-4-17-10(16)8-5-12-15(3)9(8)6-19-11-14-13-7(2)18-11/h5H,4,6H2,1-3H3. The molecule has 7 nitrogen and oxygen atoms in total. The van der Waals surface area contributed by atoms with E-state index in [4.69, 9.17) is 9.15 Å². The van der Waals surface area contributed by atoms with Crippen LogP contribution in [0.2, 0.25) is 0 Å². The van der Waals surface area contributed by atoms with Gasteiger partial charge in [-0.05, 0) is 6.92 Å². The first-order valence-corrected chi connectivity index (χ1v) is 6.71. The van der Waals surface area contributed by atoms with Crippen molar-refractivity contribution < 1.29 is 13.9 Å². The normalized spacial score (nSPS) is 10.7. The molecule has 2 rings (SSSR count). The number of hydrogen-bond acceptors (Lipinski definition) is 7. The molecule has 0 spiro atoms. The van der Waals surface area contributed by atoms with Crippen LogP contribution in [0.15, 0.2) is 15.8 Å². The number of aryl methyl sites for hydroxylation is 2. The van der Waals surface area contributed by atoms with Gasteiger partial charge < -0.3 is 9.15 Å². The molecule has 2 aromatic heterocycles. The summed E-state index contributed by atoms with van der Waals surface area (Å²) in [5.41, 5.74) is 1.23. The maximum atomic E-state index is 11.8. The fourth-order valence-corrected chi connectivity index (χ4v) is 2.36. The van der Waals surface area contributed by atoms with E-state index < -0.39 is 0 Å². The average Bonchev–Trinajstić information content (AvgIpc) is 2.94. The van der Waals surface area contributed by atoms with E-state index in [1.54, 1.807) is 25.6 Å². The highest BCUT2D eigenvalue weighted by Crippen LogP contribution is 2.23. The van der Waals surface area contributed by atoms with Gasteiger partial charge in [0.2, 0.25) is 5.89 Å². The number of carbonyl (C=O) groups is 1. The van der Waals surface area contributed by atoms with Crippen LogP contribution in [-0.4, -0.2) is 32.6 Å². The molecule has 0 unspecified atom stereocenters. The molecule has 0 aliphatic rings. The molecule has 0 N–H and O–H groups in total. The smallest absolute Gasteiger partial charge is 0.341 e. The summed E-state index contributed by atoms with van der Waals surface area (Å²) in [6.45, 7) is 3.83. The predicted molar refractivity (Wildman–Crippen MR) is 67.8 cm³/mol. The van der Waals surface area contributed by atoms with Gasteiger partial charge in [-0.2, -0.15) is 5.10 Å². The van der Waals surface area contributed by atoms with Crippen molar-refractivity contribution >= 4 is 17.7 Å². The monoisotopic (exact) mass is 282 g/mol. The molecule has 0 bridgehead atoms. The number of esters is 1. The molecular weight excluding hydrogens is 268 g/mol. The first-order chi connectivity index (χ1) is 9.11. The maximum absolute atomic E-state index is 11.8. The van der Waals surface area contributed by atoms with E-state index in [1.807, 2.05) is 0 Å². The van der Waals surface area contributed by atoms with Gasteiger partial charge in [0, 0.05) is 19.7 Å². The number of nitrogens with zero attached hydrogens (tertiary/aromatic N) is 4. The van der Waals surface area contributed by atoms with Gasteiger partial charge >= 0.3 is 5.97 Å². The molecule has 0 fully saturated rings. The minimum absolute atomic E-state index is 0.336. The van der Waals surface area contributed by atoms with Crippen LogP contribution < -0.4 is 0 Å². The Balaban J connectivity index is 2.11. The third-order valence-electron chi connectivity index (χ3n) is 2.40. The molecule has 0 radical (unpaired) electrons. The van der Waals surface area contributed by atoms with Gasteiger partial charge in [-0.15, -0.1) is 10.2 Å². The van der Waals surface area contributed by atoms with Crippen molar-refractivity contribution in [2.45, 2.75) is 24.8 Å². The van der Waals surface area contributed by atoms with Gasteiger partial charge in [-0.25, -0.2) is 4.79 Å². The maximum Gasteiger partial charge on any atom is 0.341 e. The summed E-state index contributed by atoms with van der Waals surface area (Å²) in [5, 5.41) is 12.2. The SMILES string of the molecule is CCOC(=O)c1cnn(C)c1CSc1nnc(C)o1. The Bertz CT molecular complexity index is 578. The molecular formula is C11H14N4O3S. The fraction of sp³-hybridized carbons (Fsp3) is 0.455. The van der Waals surface area contributed by atoms with Crippen LogP contribution in [0.4, 0.5) is 0 Å². The van der Waals surface area contributed by atoms with E-state index in [0.717, 1.165) is 5.69 Å². The Morgan fingerprint density at radius 2 is 2.32 bits per heavy atom. The van der Waals surface area contributed by atoms with Gasteiger partial charge in [0.15, 0.2) is 0 Å². The second-order valence-corrected chi connectivity index (χ2v) is 4.65. The summed E-state index contributed by atoms with van der Waals surface area (Å²) < 4.78 is 11.9. The van der Waals surface area contributed by atoms with Crippen LogP contribution in [0.3, 0.4) is 0 Å². The van der Waals surface area contributed by atoms with Gasteiger partial charge in [0.05, 0.1) is 18.5 Å². The molecule has 19 heavy (non-hydrogen) atoms. The number of carbonyl (C=O) groups excluding carboxylic acids is 1. The molecule has 0 saturated carbocycles. The minimum Gasteiger partial charge on any atom is -0.462 e. The van der Waals surface area contributed by atoms with Crippen molar-refractivity contribution in [3.05, 3.63) is 23.3 Å². The van der Waals surface area contributed by atoms with Crippen LogP contribution in [0.25, 0.3) is 0 Å². The Morgan fingerprint density at radius 3 is 2.95 bits per heavy atom. The fourth-order valence-electron chi connectivity index (χ4n) is 1.48. The minimum atomic E-state index is -0.368. The highest BCUT2D eigenvalue weighted by Gasteiger charge is 2.18. The number of hydrogen-bond donors (Lipinski definition) is 0. The molecule has 2 heterocycles. The van der Waals surface area contributed by atoms with E-state index in [2.05, 4.69) is 15.3 Å². The lowest BCUT2D eigenvalue weighted by atomic mass is 10.3. The lowest BCUT2D eigenvalue weighted by molar-refractivity contribution is 0.0525. The van der Waals surface area contributed by atoms with E-state index in [1.165, 1.54) is 18.0 Å². The summed E-state index contributed by atoms with van der Waals surface area (Å²) >= 11 is 1.35. The largest absolute Gasteiger partial charge is 0.462 e. The molecule has 0 atom stereocenters. The third-order valence-corrected chi connectivity index (χ3v) is 3.23. The molecule has 8 heteroatoms. The number of aromatic nitrogens is 4. The zero-order valence-electron chi connectivity index (χ0n) is 10.9. The van der Waals surface area contributed by atoms with Crippen LogP contribution in [0.5, 0.6) is 0 Å². The summed E-state index contributed by atoms with van der Waals surface area (Å²) in [4.78, 5) is 11.8. The third kappa shape index (κ3) is 3.14. The van der Waals surface area contributed by atoms with Gasteiger partial charge in [0.25, 0.3) is 5.22 Å². The lowest BCUT2D eigenvalue weighted by Gasteiger charge is -2.04. The summed E-state index contributed by atoms with van der Waals surface area (Å²) in [6, 6.07) is 0. The van der Waals surface area contributed by atoms with Crippen molar-refractivity contribution in [2.75, 3.05) is 6.61 Å². The number of ether oxygens (including phenoxy) is 1. The first-order valence-electron chi connectivity index (χ1n) is 5.72. The summed E-state index contributed by atoms with van der Waals surface area (Å²) in [5.74, 6) is 0.651. The lowest BCUT2D eigenvalue weighted by Crippen LogP contribution is -2.08. The van der Waals surface area contributed by atoms with Crippen LogP contribution >= 0.6 is 11.8 Å². The first kappa shape index (κ1) is 13.6. The summed E-state index contributed by atoms with van der Waals surface area (Å²) in [7, 11) is 1.78. The molecule has 0 saturated heterocycles. The molecule has 0 aliphatic heterocycles. The Labute approximate surface area is 114 Å². The van der Waals surface area contributed by atoms with E-state index in [9.17, 15) is 4.79 Å². The van der Waals surface area contributed by atoms with Crippen molar-refractivity contribution in [2.24, 2.45) is 7.05 Å². The Hall–Kier alpha value is -1.83. The number of thioether (sulfide) groups is 1. The van der Waals surface area contributed by atoms with Crippen LogP contribution in [0, 0.1) is 6.92 Å². The Kier molecular flexibility index (Phi) is 4.20. The zero-order valence-corrected chi connectivity index (χ0v) is 11.7. The van der Waals surface area contributed by atoms with Crippen molar-refractivity contribution in [1.29, 1.82) is 0 Å². The van der Waals surface area contributed by atoms with E-state index in [-0.39, 0.29) is 5.97 Å². The zero-order chi connectivity index (χ0) is 13.8. The molecule has 0 amide bonds. The molecule has 2 aromatic rings. The van der Waals surface area contributed by atoms with E-state index in [0.29, 0.717) is 29.0 Å². The van der Waals surface area contributed by atoms with Gasteiger partial charge in [0.1, 0.15) is 5.56 Å². The van der Waals surface area contributed by atoms with Crippen molar-refractivity contribution in [3.63, 3.8) is 0 Å². The van der Waals surface area contributed by atoms with Gasteiger partial charge in [-0.3, -0.25) is 4.68 Å². The highest BCUT2D eigenvalue weighted by atomic mass is 32.2. The highest BCUT2D eigenvalue weighted by molar-refractivity contribution is 7.98. The van der Waals surface area contributed by atoms with E-state index >= 15 is 0 Å². The quantitative estimate of drug-likeness (QED) is 0.608. The van der Waals surface area contributed by atoms with Crippen LogP contribution in [-0.2, 0) is 17.5 Å². The second kappa shape index (κ2) is 5.87. The van der Waals surface area contributed by atoms with Crippen molar-refractivity contribution in [1.82, 2.24) is 20.0 Å². The Morgan fingerprint density at radius 1 is 1.53 bits per heavy atom. The molecule has 102 valence electrons. The predicted octanol–water partition coefficient (Wildman–Crippen LogP) is 1.58. The van der Waals surface area contributed by atoms with Crippen molar-refractivity contribution in [3.8, 4) is 0 Å². The van der Waals surface area contributed by atoms with Crippen LogP contribution in [0.1, 0.15) is 28.9 Å². The van der Waals surface area contributed by atoms with Gasteiger partial charge in [-0.1, -0.05) is 11.8 Å². The number of rotatable bonds is 5. The second-order valence-electron chi connectivity index (χ2n) is 3.72. The summed E-state index contributed by atoms with van der Waals surface area (Å²) in [6.07, 6.45) is 1.51. The average molecular weight is 282 g/mol. The molecule has 0 aromatic carbocycles.